The Morgan fingerprint density at radius 1 is 1.20 bits per heavy atom. The highest BCUT2D eigenvalue weighted by atomic mass is 79.9. The Hall–Kier alpha value is -1.52. The molecule has 1 aromatic rings. The number of halogens is 1. The number of benzene rings is 1. The zero-order valence-corrected chi connectivity index (χ0v) is 13.2. The van der Waals surface area contributed by atoms with Crippen molar-refractivity contribution in [2.45, 2.75) is 24.8 Å². The average molecular weight is 342 g/mol. The molecular weight excluding hydrogens is 326 g/mol. The summed E-state index contributed by atoms with van der Waals surface area (Å²) in [5.41, 5.74) is 0.234. The van der Waals surface area contributed by atoms with Crippen LogP contribution in [0, 0.1) is 0 Å². The number of ether oxygens (including phenoxy) is 3. The van der Waals surface area contributed by atoms with Crippen LogP contribution in [0.15, 0.2) is 15.5 Å². The van der Waals surface area contributed by atoms with Gasteiger partial charge < -0.3 is 14.2 Å². The second kappa shape index (κ2) is 5.85. The molecule has 0 bridgehead atoms. The first kappa shape index (κ1) is 14.9. The minimum atomic E-state index is -0.578. The van der Waals surface area contributed by atoms with Crippen molar-refractivity contribution in [2.24, 2.45) is 4.99 Å². The van der Waals surface area contributed by atoms with Crippen molar-refractivity contribution in [3.63, 3.8) is 0 Å². The van der Waals surface area contributed by atoms with E-state index in [1.165, 1.54) is 0 Å². The lowest BCUT2D eigenvalue weighted by Gasteiger charge is -2.39. The molecule has 2 rings (SSSR count). The van der Waals surface area contributed by atoms with Gasteiger partial charge in [0.15, 0.2) is 11.5 Å². The summed E-state index contributed by atoms with van der Waals surface area (Å²) < 4.78 is 17.0. The number of methoxy groups -OCH3 is 3. The van der Waals surface area contributed by atoms with Gasteiger partial charge in [0.05, 0.1) is 21.3 Å². The molecule has 1 aromatic carbocycles. The van der Waals surface area contributed by atoms with Gasteiger partial charge >= 0.3 is 0 Å². The number of rotatable bonds is 5. The quantitative estimate of drug-likeness (QED) is 0.609. The van der Waals surface area contributed by atoms with E-state index in [0.29, 0.717) is 17.2 Å². The Kier molecular flexibility index (Phi) is 4.35. The fourth-order valence-corrected chi connectivity index (χ4v) is 3.33. The van der Waals surface area contributed by atoms with Gasteiger partial charge in [-0.25, -0.2) is 4.79 Å². The topological polar surface area (TPSA) is 57.1 Å². The number of aliphatic imine (C=N–C) groups is 1. The largest absolute Gasteiger partial charge is 0.493 e. The van der Waals surface area contributed by atoms with Gasteiger partial charge in [-0.1, -0.05) is 15.9 Å². The molecule has 0 heterocycles. The highest BCUT2D eigenvalue weighted by Gasteiger charge is 2.44. The van der Waals surface area contributed by atoms with Crippen LogP contribution >= 0.6 is 15.9 Å². The molecule has 1 fully saturated rings. The van der Waals surface area contributed by atoms with Crippen molar-refractivity contribution < 1.29 is 19.0 Å². The van der Waals surface area contributed by atoms with Crippen molar-refractivity contribution in [2.75, 3.05) is 21.3 Å². The van der Waals surface area contributed by atoms with E-state index in [2.05, 4.69) is 20.9 Å². The van der Waals surface area contributed by atoms with Crippen LogP contribution in [-0.2, 0) is 10.3 Å². The third-order valence-electron chi connectivity index (χ3n) is 3.69. The molecule has 20 heavy (non-hydrogen) atoms. The van der Waals surface area contributed by atoms with Crippen molar-refractivity contribution in [3.8, 4) is 17.2 Å². The molecule has 1 saturated carbocycles. The van der Waals surface area contributed by atoms with E-state index in [1.807, 2.05) is 0 Å². The summed E-state index contributed by atoms with van der Waals surface area (Å²) in [6, 6.07) is 1.80. The first-order valence-corrected chi connectivity index (χ1v) is 7.00. The van der Waals surface area contributed by atoms with E-state index in [1.54, 1.807) is 33.5 Å². The summed E-state index contributed by atoms with van der Waals surface area (Å²) >= 11 is 3.52. The Morgan fingerprint density at radius 3 is 2.25 bits per heavy atom. The van der Waals surface area contributed by atoms with Gasteiger partial charge in [0, 0.05) is 10.0 Å². The molecule has 1 aliphatic carbocycles. The fourth-order valence-electron chi connectivity index (χ4n) is 2.58. The number of carbonyl (C=O) groups excluding carboxylic acids is 1. The molecule has 5 nitrogen and oxygen atoms in total. The lowest BCUT2D eigenvalue weighted by molar-refractivity contribution is 0.239. The molecular formula is C14H16BrNO4. The zero-order valence-electron chi connectivity index (χ0n) is 11.7. The normalized spacial score (nSPS) is 15.8. The minimum Gasteiger partial charge on any atom is -0.493 e. The molecule has 0 radical (unpaired) electrons. The van der Waals surface area contributed by atoms with Crippen molar-refractivity contribution in [1.82, 2.24) is 0 Å². The maximum Gasteiger partial charge on any atom is 0.235 e. The molecule has 0 saturated heterocycles. The fraction of sp³-hybridized carbons (Fsp3) is 0.500. The first-order valence-electron chi connectivity index (χ1n) is 6.21. The highest BCUT2D eigenvalue weighted by molar-refractivity contribution is 9.10. The van der Waals surface area contributed by atoms with Crippen LogP contribution < -0.4 is 14.2 Å². The van der Waals surface area contributed by atoms with Crippen LogP contribution in [0.3, 0.4) is 0 Å². The molecule has 0 amide bonds. The number of nitrogens with zero attached hydrogens (tertiary/aromatic N) is 1. The minimum absolute atomic E-state index is 0.501. The maximum absolute atomic E-state index is 10.8. The molecule has 0 N–H and O–H groups in total. The van der Waals surface area contributed by atoms with Crippen LogP contribution in [0.1, 0.15) is 24.8 Å². The smallest absolute Gasteiger partial charge is 0.235 e. The molecule has 0 unspecified atom stereocenters. The van der Waals surface area contributed by atoms with Gasteiger partial charge in [-0.2, -0.15) is 4.99 Å². The molecule has 1 aliphatic rings. The SMILES string of the molecule is COc1cc(Br)c(C2(N=C=O)CCC2)c(OC)c1OC. The van der Waals surface area contributed by atoms with Gasteiger partial charge in [0.2, 0.25) is 11.8 Å². The molecule has 0 aliphatic heterocycles. The Morgan fingerprint density at radius 2 is 1.85 bits per heavy atom. The maximum atomic E-state index is 10.8. The van der Waals surface area contributed by atoms with Gasteiger partial charge in [0.25, 0.3) is 0 Å². The highest BCUT2D eigenvalue weighted by Crippen LogP contribution is 2.55. The lowest BCUT2D eigenvalue weighted by Crippen LogP contribution is -2.33. The van der Waals surface area contributed by atoms with Crippen LogP contribution in [0.5, 0.6) is 17.2 Å². The van der Waals surface area contributed by atoms with Gasteiger partial charge in [-0.15, -0.1) is 0 Å². The van der Waals surface area contributed by atoms with Crippen LogP contribution in [0.25, 0.3) is 0 Å². The van der Waals surface area contributed by atoms with E-state index in [0.717, 1.165) is 29.3 Å². The lowest BCUT2D eigenvalue weighted by atomic mass is 9.72. The standard InChI is InChI=1S/C14H16BrNO4/c1-18-10-7-9(15)11(13(20-3)12(10)19-2)14(16-8-17)5-4-6-14/h7H,4-6H2,1-3H3. The van der Waals surface area contributed by atoms with Crippen LogP contribution in [0.4, 0.5) is 0 Å². The molecule has 0 aromatic heterocycles. The zero-order chi connectivity index (χ0) is 14.8. The van der Waals surface area contributed by atoms with E-state index >= 15 is 0 Å². The summed E-state index contributed by atoms with van der Waals surface area (Å²) in [4.78, 5) is 14.8. The Labute approximate surface area is 126 Å². The second-order valence-corrected chi connectivity index (χ2v) is 5.44. The molecule has 6 heteroatoms. The second-order valence-electron chi connectivity index (χ2n) is 4.59. The Balaban J connectivity index is 2.72. The van der Waals surface area contributed by atoms with Crippen molar-refractivity contribution in [3.05, 3.63) is 16.1 Å². The number of hydrogen-bond donors (Lipinski definition) is 0. The van der Waals surface area contributed by atoms with Crippen LogP contribution in [0.2, 0.25) is 0 Å². The van der Waals surface area contributed by atoms with Crippen molar-refractivity contribution in [1.29, 1.82) is 0 Å². The predicted octanol–water partition coefficient (Wildman–Crippen LogP) is 3.19. The summed E-state index contributed by atoms with van der Waals surface area (Å²) in [7, 11) is 4.67. The summed E-state index contributed by atoms with van der Waals surface area (Å²) in [5.74, 6) is 1.60. The summed E-state index contributed by atoms with van der Waals surface area (Å²) in [6.07, 6.45) is 4.26. The van der Waals surface area contributed by atoms with Crippen LogP contribution in [-0.4, -0.2) is 27.4 Å². The monoisotopic (exact) mass is 341 g/mol. The Bertz CT molecular complexity index is 563. The molecule has 108 valence electrons. The van der Waals surface area contributed by atoms with E-state index in [4.69, 9.17) is 14.2 Å². The summed E-state index contributed by atoms with van der Waals surface area (Å²) in [5, 5.41) is 0. The third-order valence-corrected chi connectivity index (χ3v) is 4.31. The van der Waals surface area contributed by atoms with Crippen molar-refractivity contribution >= 4 is 22.0 Å². The van der Waals surface area contributed by atoms with E-state index in [9.17, 15) is 4.79 Å². The van der Waals surface area contributed by atoms with Gasteiger partial charge in [-0.05, 0) is 25.3 Å². The number of isocyanates is 1. The number of hydrogen-bond acceptors (Lipinski definition) is 5. The predicted molar refractivity (Wildman–Crippen MR) is 77.4 cm³/mol. The summed E-state index contributed by atoms with van der Waals surface area (Å²) in [6.45, 7) is 0. The third kappa shape index (κ3) is 2.19. The molecule has 0 spiro atoms. The van der Waals surface area contributed by atoms with E-state index < -0.39 is 5.54 Å². The molecule has 0 atom stereocenters. The average Bonchev–Trinajstić information content (AvgIpc) is 2.42. The van der Waals surface area contributed by atoms with Gasteiger partial charge in [0.1, 0.15) is 5.54 Å². The van der Waals surface area contributed by atoms with Gasteiger partial charge in [-0.3, -0.25) is 0 Å². The first-order chi connectivity index (χ1) is 9.63. The van der Waals surface area contributed by atoms with E-state index in [-0.39, 0.29) is 0 Å².